The predicted octanol–water partition coefficient (Wildman–Crippen LogP) is 6.51. The first-order valence-corrected chi connectivity index (χ1v) is 14.5. The Hall–Kier alpha value is -4.55. The number of sulfone groups is 1. The molecule has 8 nitrogen and oxygen atoms in total. The second-order valence-corrected chi connectivity index (χ2v) is 12.0. The zero-order chi connectivity index (χ0) is 29.1. The maximum atomic E-state index is 14.0. The summed E-state index contributed by atoms with van der Waals surface area (Å²) >= 11 is 1.05. The molecule has 0 aliphatic carbocycles. The molecule has 0 aromatic heterocycles. The zero-order valence-corrected chi connectivity index (χ0v) is 22.7. The van der Waals surface area contributed by atoms with E-state index in [9.17, 15) is 32.1 Å². The van der Waals surface area contributed by atoms with Gasteiger partial charge in [-0.05, 0) is 53.6 Å². The van der Waals surface area contributed by atoms with Crippen molar-refractivity contribution in [1.82, 2.24) is 0 Å². The van der Waals surface area contributed by atoms with Crippen LogP contribution in [-0.2, 0) is 27.0 Å². The minimum Gasteiger partial charge on any atom is -0.482 e. The minimum absolute atomic E-state index is 0.0797. The molecule has 0 unspecified atom stereocenters. The molecule has 0 fully saturated rings. The first-order chi connectivity index (χ1) is 19.6. The van der Waals surface area contributed by atoms with Gasteiger partial charge in [-0.1, -0.05) is 54.2 Å². The number of ether oxygens (including phenoxy) is 1. The summed E-state index contributed by atoms with van der Waals surface area (Å²) in [4.78, 5) is 24.5. The van der Waals surface area contributed by atoms with Crippen LogP contribution in [-0.4, -0.2) is 19.2 Å². The van der Waals surface area contributed by atoms with Gasteiger partial charge in [-0.2, -0.15) is 0 Å². The van der Waals surface area contributed by atoms with E-state index in [4.69, 9.17) is 4.74 Å². The molecule has 1 aliphatic rings. The van der Waals surface area contributed by atoms with Crippen molar-refractivity contribution in [2.24, 2.45) is 0 Å². The van der Waals surface area contributed by atoms with E-state index >= 15 is 0 Å². The van der Waals surface area contributed by atoms with Gasteiger partial charge >= 0.3 is 5.69 Å². The van der Waals surface area contributed by atoms with Gasteiger partial charge in [0.25, 0.3) is 5.91 Å². The normalized spacial score (nSPS) is 13.9. The Kier molecular flexibility index (Phi) is 7.86. The number of halogens is 2. The highest BCUT2D eigenvalue weighted by Gasteiger charge is 2.26. The Morgan fingerprint density at radius 2 is 1.68 bits per heavy atom. The molecular weight excluding hydrogens is 574 g/mol. The number of amides is 1. The fourth-order valence-corrected chi connectivity index (χ4v) is 6.38. The highest BCUT2D eigenvalue weighted by atomic mass is 32.2. The van der Waals surface area contributed by atoms with Gasteiger partial charge in [-0.15, -0.1) is 0 Å². The van der Waals surface area contributed by atoms with Crippen molar-refractivity contribution in [1.29, 1.82) is 0 Å². The van der Waals surface area contributed by atoms with Gasteiger partial charge in [0.1, 0.15) is 18.2 Å². The summed E-state index contributed by atoms with van der Waals surface area (Å²) in [6.45, 7) is 0.143. The van der Waals surface area contributed by atoms with Crippen LogP contribution in [0.25, 0.3) is 6.08 Å². The Labute approximate surface area is 237 Å². The monoisotopic (exact) mass is 594 g/mol. The third kappa shape index (κ3) is 6.28. The number of rotatable bonds is 8. The Bertz CT molecular complexity index is 1790. The quantitative estimate of drug-likeness (QED) is 0.140. The van der Waals surface area contributed by atoms with Crippen LogP contribution in [0.2, 0.25) is 0 Å². The highest BCUT2D eigenvalue weighted by molar-refractivity contribution is 8.04. The van der Waals surface area contributed by atoms with Crippen molar-refractivity contribution in [2.45, 2.75) is 22.2 Å². The summed E-state index contributed by atoms with van der Waals surface area (Å²) < 4.78 is 59.5. The molecule has 4 aromatic carbocycles. The maximum Gasteiger partial charge on any atom is 0.311 e. The van der Waals surface area contributed by atoms with Gasteiger partial charge in [0, 0.05) is 16.5 Å². The standard InChI is InChI=1S/C29H20F2N2O6S2/c30-22-7-4-8-23(31)21(22)17-41(37,38)20-10-12-27-24(15-20)32-29(34)28(40-27)14-19-9-11-26(25(13-19)33(35)36)39-16-18-5-2-1-3-6-18/h1-15H,16-17H2,(H,32,34)/b28-14-. The number of anilines is 1. The number of fused-ring (bicyclic) bond motifs is 1. The summed E-state index contributed by atoms with van der Waals surface area (Å²) in [6, 6.07) is 20.6. The Morgan fingerprint density at radius 1 is 0.951 bits per heavy atom. The van der Waals surface area contributed by atoms with Gasteiger partial charge in [0.05, 0.1) is 26.2 Å². The van der Waals surface area contributed by atoms with Crippen molar-refractivity contribution in [2.75, 3.05) is 5.32 Å². The third-order valence-electron chi connectivity index (χ3n) is 6.11. The summed E-state index contributed by atoms with van der Waals surface area (Å²) in [5.41, 5.74) is 0.605. The van der Waals surface area contributed by atoms with E-state index < -0.39 is 43.6 Å². The van der Waals surface area contributed by atoms with Gasteiger partial charge in [-0.3, -0.25) is 14.9 Å². The summed E-state index contributed by atoms with van der Waals surface area (Å²) in [6.07, 6.45) is 1.47. The molecule has 0 saturated carbocycles. The molecule has 208 valence electrons. The molecule has 41 heavy (non-hydrogen) atoms. The molecule has 0 bridgehead atoms. The molecule has 12 heteroatoms. The molecule has 0 atom stereocenters. The largest absolute Gasteiger partial charge is 0.482 e. The lowest BCUT2D eigenvalue weighted by atomic mass is 10.1. The molecule has 1 heterocycles. The topological polar surface area (TPSA) is 116 Å². The van der Waals surface area contributed by atoms with Crippen LogP contribution in [0, 0.1) is 21.7 Å². The van der Waals surface area contributed by atoms with E-state index in [1.165, 1.54) is 36.4 Å². The SMILES string of the molecule is O=C1Nc2cc(S(=O)(=O)Cc3c(F)cccc3F)ccc2S/C1=C\c1ccc(OCc2ccccc2)c([N+](=O)[O-])c1. The second kappa shape index (κ2) is 11.5. The molecule has 1 N–H and O–H groups in total. The number of hydrogen-bond donors (Lipinski definition) is 1. The minimum atomic E-state index is -4.14. The van der Waals surface area contributed by atoms with Gasteiger partial charge in [-0.25, -0.2) is 17.2 Å². The van der Waals surface area contributed by atoms with Crippen LogP contribution in [0.3, 0.4) is 0 Å². The number of benzene rings is 4. The number of nitro groups is 1. The first-order valence-electron chi connectivity index (χ1n) is 12.1. The molecule has 0 radical (unpaired) electrons. The second-order valence-electron chi connectivity index (χ2n) is 8.94. The lowest BCUT2D eigenvalue weighted by Crippen LogP contribution is -2.18. The van der Waals surface area contributed by atoms with Crippen LogP contribution in [0.4, 0.5) is 20.2 Å². The average Bonchev–Trinajstić information content (AvgIpc) is 2.95. The van der Waals surface area contributed by atoms with Crippen LogP contribution < -0.4 is 10.1 Å². The van der Waals surface area contributed by atoms with Crippen molar-refractivity contribution in [3.05, 3.63) is 128 Å². The maximum absolute atomic E-state index is 14.0. The molecule has 5 rings (SSSR count). The van der Waals surface area contributed by atoms with Crippen molar-refractivity contribution < 1.29 is 31.7 Å². The van der Waals surface area contributed by atoms with Crippen molar-refractivity contribution >= 4 is 45.0 Å². The predicted molar refractivity (Wildman–Crippen MR) is 150 cm³/mol. The Morgan fingerprint density at radius 3 is 2.39 bits per heavy atom. The summed E-state index contributed by atoms with van der Waals surface area (Å²) in [5, 5.41) is 14.3. The van der Waals surface area contributed by atoms with Gasteiger partial charge < -0.3 is 10.1 Å². The number of nitrogens with one attached hydrogen (secondary N) is 1. The first kappa shape index (κ1) is 28.0. The van der Waals surface area contributed by atoms with Crippen LogP contribution in [0.15, 0.2) is 99.6 Å². The molecule has 1 aliphatic heterocycles. The van der Waals surface area contributed by atoms with Crippen molar-refractivity contribution in [3.63, 3.8) is 0 Å². The van der Waals surface area contributed by atoms with E-state index in [1.807, 2.05) is 30.3 Å². The average molecular weight is 595 g/mol. The van der Waals surface area contributed by atoms with E-state index in [-0.39, 0.29) is 33.5 Å². The van der Waals surface area contributed by atoms with Crippen LogP contribution >= 0.6 is 11.8 Å². The van der Waals surface area contributed by atoms with Gasteiger partial charge in [0.15, 0.2) is 15.6 Å². The number of hydrogen-bond acceptors (Lipinski definition) is 7. The fraction of sp³-hybridized carbons (Fsp3) is 0.0690. The molecule has 1 amide bonds. The molecule has 0 saturated heterocycles. The number of carbonyl (C=O) groups excluding carboxylic acids is 1. The van der Waals surface area contributed by atoms with E-state index in [0.29, 0.717) is 10.5 Å². The number of carbonyl (C=O) groups is 1. The van der Waals surface area contributed by atoms with E-state index in [2.05, 4.69) is 5.32 Å². The Balaban J connectivity index is 1.36. The lowest BCUT2D eigenvalue weighted by molar-refractivity contribution is -0.386. The van der Waals surface area contributed by atoms with E-state index in [0.717, 1.165) is 35.5 Å². The molecule has 0 spiro atoms. The van der Waals surface area contributed by atoms with Crippen LogP contribution in [0.1, 0.15) is 16.7 Å². The summed E-state index contributed by atoms with van der Waals surface area (Å²) in [5.74, 6) is -3.30. The number of thioether (sulfide) groups is 1. The fourth-order valence-electron chi connectivity index (χ4n) is 4.05. The summed E-state index contributed by atoms with van der Waals surface area (Å²) in [7, 11) is -4.14. The lowest BCUT2D eigenvalue weighted by Gasteiger charge is -2.19. The van der Waals surface area contributed by atoms with E-state index in [1.54, 1.807) is 6.07 Å². The zero-order valence-electron chi connectivity index (χ0n) is 21.0. The van der Waals surface area contributed by atoms with Crippen molar-refractivity contribution in [3.8, 4) is 5.75 Å². The molecule has 4 aromatic rings. The number of nitrogens with zero attached hydrogens (tertiary/aromatic N) is 1. The number of nitro benzene ring substituents is 1. The van der Waals surface area contributed by atoms with Gasteiger partial charge in [0.2, 0.25) is 0 Å². The van der Waals surface area contributed by atoms with Crippen LogP contribution in [0.5, 0.6) is 5.75 Å². The smallest absolute Gasteiger partial charge is 0.311 e. The highest BCUT2D eigenvalue weighted by Crippen LogP contribution is 2.41. The molecular formula is C29H20F2N2O6S2. The third-order valence-corrected chi connectivity index (χ3v) is 8.85.